The molecule has 4 heteroatoms. The van der Waals surface area contributed by atoms with Crippen molar-refractivity contribution in [2.45, 2.75) is 0 Å². The van der Waals surface area contributed by atoms with E-state index in [0.717, 1.165) is 11.4 Å². The molecule has 10 aromatic carbocycles. The first-order valence-electron chi connectivity index (χ1n) is 21.9. The maximum Gasteiger partial charge on any atom is 0.0555 e. The molecule has 0 unspecified atom stereocenters. The highest BCUT2D eigenvalue weighted by Gasteiger charge is 2.22. The van der Waals surface area contributed by atoms with E-state index >= 15 is 0 Å². The number of rotatable bonds is 5. The van der Waals surface area contributed by atoms with E-state index in [1.54, 1.807) is 0 Å². The summed E-state index contributed by atoms with van der Waals surface area (Å²) in [5.41, 5.74) is 15.7. The Kier molecular flexibility index (Phi) is 7.56. The Bertz CT molecular complexity index is 4140. The Morgan fingerprint density at radius 2 is 0.719 bits per heavy atom. The van der Waals surface area contributed by atoms with Gasteiger partial charge in [0.1, 0.15) is 0 Å². The number of para-hydroxylation sites is 4. The van der Waals surface area contributed by atoms with Gasteiger partial charge in [-0.2, -0.15) is 0 Å². The number of thiophene rings is 1. The van der Waals surface area contributed by atoms with Crippen molar-refractivity contribution >= 4 is 96.9 Å². The topological polar surface area (TPSA) is 14.8 Å². The largest absolute Gasteiger partial charge is 0.309 e. The van der Waals surface area contributed by atoms with Gasteiger partial charge in [-0.1, -0.05) is 152 Å². The van der Waals surface area contributed by atoms with E-state index in [9.17, 15) is 0 Å². The summed E-state index contributed by atoms with van der Waals surface area (Å²) in [6.45, 7) is 0. The minimum absolute atomic E-state index is 1.14. The number of fused-ring (bicyclic) bond motifs is 12. The molecule has 0 spiro atoms. The summed E-state index contributed by atoms with van der Waals surface area (Å²) in [7, 11) is 0. The van der Waals surface area contributed by atoms with Crippen LogP contribution in [0.15, 0.2) is 224 Å². The van der Waals surface area contributed by atoms with Gasteiger partial charge < -0.3 is 13.7 Å². The van der Waals surface area contributed by atoms with Gasteiger partial charge in [0.2, 0.25) is 0 Å². The molecule has 0 saturated carbocycles. The van der Waals surface area contributed by atoms with Crippen molar-refractivity contribution in [3.8, 4) is 39.3 Å². The minimum atomic E-state index is 1.14. The highest BCUT2D eigenvalue weighted by atomic mass is 32.1. The average Bonchev–Trinajstić information content (AvgIpc) is 4.11. The second-order valence-electron chi connectivity index (χ2n) is 16.8. The molecule has 0 bridgehead atoms. The fourth-order valence-corrected chi connectivity index (χ4v) is 12.0. The number of nitrogens with zero attached hydrogens (tertiary/aromatic N) is 3. The SMILES string of the molecule is c1ccc(-c2ccccc2-c2ccc(-n3c4ccccc4c4cc(-n5c6ccccc6c6cc(-n7c8ccccc8c8ccccc87)ccc65)ccc43)c3c2sc2ccccc23)cc1. The molecule has 0 atom stereocenters. The van der Waals surface area contributed by atoms with Crippen LogP contribution in [-0.4, -0.2) is 13.7 Å². The van der Waals surface area contributed by atoms with Gasteiger partial charge in [0, 0.05) is 69.4 Å². The van der Waals surface area contributed by atoms with E-state index < -0.39 is 0 Å². The summed E-state index contributed by atoms with van der Waals surface area (Å²) in [6, 6.07) is 82.6. The van der Waals surface area contributed by atoms with Crippen molar-refractivity contribution in [1.82, 2.24) is 13.7 Å². The van der Waals surface area contributed by atoms with Crippen LogP contribution in [0.2, 0.25) is 0 Å². The maximum atomic E-state index is 2.51. The zero-order valence-corrected chi connectivity index (χ0v) is 35.4. The molecule has 0 fully saturated rings. The van der Waals surface area contributed by atoms with Gasteiger partial charge in [-0.25, -0.2) is 0 Å². The highest BCUT2D eigenvalue weighted by Crippen LogP contribution is 2.47. The van der Waals surface area contributed by atoms with Crippen LogP contribution in [0.3, 0.4) is 0 Å². The first kappa shape index (κ1) is 35.4. The summed E-state index contributed by atoms with van der Waals surface area (Å²) in [4.78, 5) is 0. The predicted octanol–water partition coefficient (Wildman–Crippen LogP) is 16.7. The molecule has 298 valence electrons. The van der Waals surface area contributed by atoms with E-state index in [0.29, 0.717) is 0 Å². The van der Waals surface area contributed by atoms with Crippen LogP contribution < -0.4 is 0 Å². The number of benzene rings is 10. The summed E-state index contributed by atoms with van der Waals surface area (Å²) in [5, 5.41) is 10.0. The lowest BCUT2D eigenvalue weighted by Gasteiger charge is -2.15. The monoisotopic (exact) mass is 831 g/mol. The van der Waals surface area contributed by atoms with Crippen molar-refractivity contribution in [2.75, 3.05) is 0 Å². The molecule has 4 aromatic heterocycles. The molecular weight excluding hydrogens is 795 g/mol. The quantitative estimate of drug-likeness (QED) is 0.164. The lowest BCUT2D eigenvalue weighted by Crippen LogP contribution is -1.97. The van der Waals surface area contributed by atoms with Crippen molar-refractivity contribution in [1.29, 1.82) is 0 Å². The molecule has 0 aliphatic heterocycles. The van der Waals surface area contributed by atoms with Crippen LogP contribution in [-0.2, 0) is 0 Å². The molecule has 0 aliphatic carbocycles. The maximum absolute atomic E-state index is 2.51. The summed E-state index contributed by atoms with van der Waals surface area (Å²) < 4.78 is 9.97. The minimum Gasteiger partial charge on any atom is -0.309 e. The van der Waals surface area contributed by atoms with Crippen LogP contribution in [0.4, 0.5) is 0 Å². The van der Waals surface area contributed by atoms with Gasteiger partial charge in [0.15, 0.2) is 0 Å². The van der Waals surface area contributed by atoms with E-state index in [1.807, 2.05) is 11.3 Å². The van der Waals surface area contributed by atoms with Gasteiger partial charge in [-0.05, 0) is 89.5 Å². The van der Waals surface area contributed by atoms with E-state index in [2.05, 4.69) is 238 Å². The first-order chi connectivity index (χ1) is 31.8. The smallest absolute Gasteiger partial charge is 0.0555 e. The van der Waals surface area contributed by atoms with Crippen LogP contribution in [0, 0.1) is 0 Å². The Morgan fingerprint density at radius 1 is 0.281 bits per heavy atom. The fourth-order valence-electron chi connectivity index (χ4n) is 10.7. The average molecular weight is 832 g/mol. The zero-order valence-electron chi connectivity index (χ0n) is 34.6. The molecule has 14 aromatic rings. The molecule has 64 heavy (non-hydrogen) atoms. The second kappa shape index (κ2) is 13.7. The lowest BCUT2D eigenvalue weighted by atomic mass is 9.93. The zero-order chi connectivity index (χ0) is 41.9. The third-order valence-corrected chi connectivity index (χ3v) is 14.7. The van der Waals surface area contributed by atoms with Crippen molar-refractivity contribution in [2.24, 2.45) is 0 Å². The molecule has 3 nitrogen and oxygen atoms in total. The van der Waals surface area contributed by atoms with Crippen molar-refractivity contribution in [3.63, 3.8) is 0 Å². The van der Waals surface area contributed by atoms with Gasteiger partial charge in [0.05, 0.1) is 38.8 Å². The second-order valence-corrected chi connectivity index (χ2v) is 17.9. The van der Waals surface area contributed by atoms with Crippen LogP contribution in [0.25, 0.3) is 125 Å². The van der Waals surface area contributed by atoms with Crippen LogP contribution in [0.5, 0.6) is 0 Å². The standard InChI is InChI=1S/C60H37N3S/c1-2-16-38(17-3-1)41-18-4-5-19-42(41)47-32-35-57(59-48-24-10-15-29-58(48)64-60(47)59)63-54-28-14-9-23-46(54)50-37-40(31-34-56(50)63)62-53-27-13-8-22-45(53)49-36-39(30-33-55(49)62)61-51-25-11-6-20-43(51)44-21-7-12-26-52(44)61/h1-37H. The Hall–Kier alpha value is -8.18. The van der Waals surface area contributed by atoms with Gasteiger partial charge in [-0.3, -0.25) is 0 Å². The first-order valence-corrected chi connectivity index (χ1v) is 22.7. The van der Waals surface area contributed by atoms with Gasteiger partial charge in [-0.15, -0.1) is 11.3 Å². The molecule has 0 amide bonds. The molecule has 14 rings (SSSR count). The van der Waals surface area contributed by atoms with E-state index in [-0.39, 0.29) is 0 Å². The number of hydrogen-bond acceptors (Lipinski definition) is 1. The van der Waals surface area contributed by atoms with E-state index in [1.165, 1.54) is 114 Å². The van der Waals surface area contributed by atoms with Crippen molar-refractivity contribution in [3.05, 3.63) is 224 Å². The summed E-state index contributed by atoms with van der Waals surface area (Å²) in [5.74, 6) is 0. The van der Waals surface area contributed by atoms with Gasteiger partial charge >= 0.3 is 0 Å². The summed E-state index contributed by atoms with van der Waals surface area (Å²) >= 11 is 1.89. The fraction of sp³-hybridized carbons (Fsp3) is 0. The van der Waals surface area contributed by atoms with Gasteiger partial charge in [0.25, 0.3) is 0 Å². The molecule has 0 radical (unpaired) electrons. The number of hydrogen-bond donors (Lipinski definition) is 0. The van der Waals surface area contributed by atoms with Crippen LogP contribution in [0.1, 0.15) is 0 Å². The highest BCUT2D eigenvalue weighted by molar-refractivity contribution is 7.26. The normalized spacial score (nSPS) is 12.1. The molecule has 4 heterocycles. The Labute approximate surface area is 372 Å². The molecule has 0 saturated heterocycles. The summed E-state index contributed by atoms with van der Waals surface area (Å²) in [6.07, 6.45) is 0. The Balaban J connectivity index is 0.987. The third kappa shape index (κ3) is 5.03. The van der Waals surface area contributed by atoms with Crippen molar-refractivity contribution < 1.29 is 0 Å². The van der Waals surface area contributed by atoms with Crippen LogP contribution >= 0.6 is 11.3 Å². The Morgan fingerprint density at radius 3 is 1.31 bits per heavy atom. The molecule has 0 aliphatic rings. The van der Waals surface area contributed by atoms with E-state index in [4.69, 9.17) is 0 Å². The third-order valence-electron chi connectivity index (χ3n) is 13.5. The molecular formula is C60H37N3S. The lowest BCUT2D eigenvalue weighted by molar-refractivity contribution is 1.16. The number of aromatic nitrogens is 3. The molecule has 0 N–H and O–H groups in total. The predicted molar refractivity (Wildman–Crippen MR) is 273 cm³/mol.